The van der Waals surface area contributed by atoms with Crippen molar-refractivity contribution in [3.8, 4) is 0 Å². The number of nitrogens with one attached hydrogen (secondary N) is 1. The lowest BCUT2D eigenvalue weighted by Crippen LogP contribution is -2.22. The van der Waals surface area contributed by atoms with Gasteiger partial charge in [-0.2, -0.15) is 18.3 Å². The molecule has 174 valence electrons. The van der Waals surface area contributed by atoms with E-state index in [1.165, 1.54) is 6.92 Å². The number of anilines is 1. The minimum Gasteiger partial charge on any atom is -0.462 e. The molecule has 12 heteroatoms. The summed E-state index contributed by atoms with van der Waals surface area (Å²) >= 11 is 0.812. The molecule has 3 rings (SSSR count). The Bertz CT molecular complexity index is 1060. The monoisotopic (exact) mass is 472 g/mol. The van der Waals surface area contributed by atoms with Crippen molar-refractivity contribution in [2.45, 2.75) is 58.7 Å². The molecule has 0 unspecified atom stereocenters. The summed E-state index contributed by atoms with van der Waals surface area (Å²) in [6, 6.07) is 0. The van der Waals surface area contributed by atoms with Gasteiger partial charge >= 0.3 is 12.1 Å². The van der Waals surface area contributed by atoms with Crippen LogP contribution in [0.1, 0.15) is 68.7 Å². The molecule has 0 spiro atoms. The number of ether oxygens (including phenoxy) is 1. The van der Waals surface area contributed by atoms with Crippen LogP contribution < -0.4 is 11.1 Å². The maximum Gasteiger partial charge on any atom is 0.435 e. The Morgan fingerprint density at radius 2 is 1.91 bits per heavy atom. The molecule has 0 fully saturated rings. The average Bonchev–Trinajstić information content (AvgIpc) is 3.08. The normalized spacial score (nSPS) is 13.9. The molecule has 0 radical (unpaired) electrons. The number of nitrogens with two attached hydrogens (primary N) is 1. The number of aromatic nitrogens is 2. The molecule has 0 aliphatic heterocycles. The van der Waals surface area contributed by atoms with Crippen LogP contribution in [0, 0.1) is 6.92 Å². The number of fused-ring (bicyclic) bond motifs is 1. The molecule has 0 saturated heterocycles. The van der Waals surface area contributed by atoms with Gasteiger partial charge in [0.25, 0.3) is 5.91 Å². The van der Waals surface area contributed by atoms with E-state index in [2.05, 4.69) is 10.4 Å². The van der Waals surface area contributed by atoms with E-state index < -0.39 is 36.2 Å². The first-order valence-electron chi connectivity index (χ1n) is 10.1. The third kappa shape index (κ3) is 4.79. The largest absolute Gasteiger partial charge is 0.462 e. The standard InChI is InChI=1S/C20H23F3N4O4S/c1-3-31-19(30)14-10(2)15(17(24)29)32-18(14)25-13(28)9-27-12-8-6-4-5-7-11(12)16(26-27)20(21,22)23/h3-9H2,1-2H3,(H2,24,29)(H,25,28). The highest BCUT2D eigenvalue weighted by atomic mass is 32.1. The molecule has 0 aromatic carbocycles. The Morgan fingerprint density at radius 1 is 1.22 bits per heavy atom. The predicted octanol–water partition coefficient (Wildman–Crippen LogP) is 3.46. The van der Waals surface area contributed by atoms with Crippen molar-refractivity contribution in [1.82, 2.24) is 9.78 Å². The van der Waals surface area contributed by atoms with Gasteiger partial charge in [-0.25, -0.2) is 4.79 Å². The first kappa shape index (κ1) is 23.8. The number of nitrogens with zero attached hydrogens (tertiary/aromatic N) is 2. The number of amides is 2. The number of halogens is 3. The quantitative estimate of drug-likeness (QED) is 0.493. The van der Waals surface area contributed by atoms with E-state index in [0.717, 1.165) is 22.4 Å². The molecule has 2 aromatic rings. The summed E-state index contributed by atoms with van der Waals surface area (Å²) in [4.78, 5) is 36.8. The highest BCUT2D eigenvalue weighted by Crippen LogP contribution is 2.36. The number of hydrogen-bond acceptors (Lipinski definition) is 6. The number of hydrogen-bond donors (Lipinski definition) is 2. The van der Waals surface area contributed by atoms with Crippen molar-refractivity contribution in [2.24, 2.45) is 5.73 Å². The summed E-state index contributed by atoms with van der Waals surface area (Å²) in [6.07, 6.45) is -1.84. The molecule has 0 bridgehead atoms. The van der Waals surface area contributed by atoms with Gasteiger partial charge < -0.3 is 15.8 Å². The fraction of sp³-hybridized carbons (Fsp3) is 0.500. The van der Waals surface area contributed by atoms with Gasteiger partial charge in [0.15, 0.2) is 5.69 Å². The Hall–Kier alpha value is -2.89. The molecule has 3 N–H and O–H groups in total. The molecule has 2 aromatic heterocycles. The molecule has 8 nitrogen and oxygen atoms in total. The molecule has 0 saturated carbocycles. The minimum absolute atomic E-state index is 0.00530. The van der Waals surface area contributed by atoms with Crippen molar-refractivity contribution >= 4 is 34.1 Å². The third-order valence-electron chi connectivity index (χ3n) is 5.17. The van der Waals surface area contributed by atoms with E-state index in [-0.39, 0.29) is 39.6 Å². The van der Waals surface area contributed by atoms with E-state index in [1.54, 1.807) is 6.92 Å². The molecular formula is C20H23F3N4O4S. The second kappa shape index (κ2) is 9.31. The summed E-state index contributed by atoms with van der Waals surface area (Å²) in [6.45, 7) is 2.71. The van der Waals surface area contributed by atoms with Crippen molar-refractivity contribution in [1.29, 1.82) is 0 Å². The first-order valence-corrected chi connectivity index (χ1v) is 10.9. The lowest BCUT2D eigenvalue weighted by Gasteiger charge is -2.09. The molecular weight excluding hydrogens is 449 g/mol. The number of esters is 1. The number of rotatable bonds is 6. The Morgan fingerprint density at radius 3 is 2.53 bits per heavy atom. The number of thiophene rings is 1. The SMILES string of the molecule is CCOC(=O)c1c(NC(=O)Cn2nc(C(F)(F)F)c3c2CCCCC3)sc(C(N)=O)c1C. The number of alkyl halides is 3. The van der Waals surface area contributed by atoms with Gasteiger partial charge in [0.2, 0.25) is 5.91 Å². The van der Waals surface area contributed by atoms with E-state index in [0.29, 0.717) is 25.0 Å². The fourth-order valence-electron chi connectivity index (χ4n) is 3.79. The first-order chi connectivity index (χ1) is 15.0. The van der Waals surface area contributed by atoms with Crippen LogP contribution >= 0.6 is 11.3 Å². The highest BCUT2D eigenvalue weighted by Gasteiger charge is 2.39. The lowest BCUT2D eigenvalue weighted by molar-refractivity contribution is -0.142. The summed E-state index contributed by atoms with van der Waals surface area (Å²) in [5.41, 5.74) is 5.18. The van der Waals surface area contributed by atoms with E-state index in [4.69, 9.17) is 10.5 Å². The smallest absolute Gasteiger partial charge is 0.435 e. The van der Waals surface area contributed by atoms with Crippen LogP contribution in [-0.4, -0.2) is 34.2 Å². The second-order valence-electron chi connectivity index (χ2n) is 7.38. The zero-order chi connectivity index (χ0) is 23.6. The maximum atomic E-state index is 13.5. The Kier molecular flexibility index (Phi) is 6.91. The average molecular weight is 472 g/mol. The molecule has 32 heavy (non-hydrogen) atoms. The highest BCUT2D eigenvalue weighted by molar-refractivity contribution is 7.18. The van der Waals surface area contributed by atoms with Crippen molar-refractivity contribution in [3.05, 3.63) is 33.0 Å². The fourth-order valence-corrected chi connectivity index (χ4v) is 4.86. The van der Waals surface area contributed by atoms with Gasteiger partial charge in [-0.15, -0.1) is 11.3 Å². The number of carbonyl (C=O) groups excluding carboxylic acids is 3. The van der Waals surface area contributed by atoms with Gasteiger partial charge in [0.1, 0.15) is 11.5 Å². The Labute approximate surface area is 185 Å². The molecule has 0 atom stereocenters. The van der Waals surface area contributed by atoms with E-state index in [9.17, 15) is 27.6 Å². The Balaban J connectivity index is 1.91. The summed E-state index contributed by atoms with van der Waals surface area (Å²) in [5, 5.41) is 6.26. The van der Waals surface area contributed by atoms with Crippen LogP contribution in [0.3, 0.4) is 0 Å². The second-order valence-corrected chi connectivity index (χ2v) is 8.40. The minimum atomic E-state index is -4.62. The van der Waals surface area contributed by atoms with Gasteiger partial charge in [0.05, 0.1) is 17.0 Å². The maximum absolute atomic E-state index is 13.5. The molecule has 2 heterocycles. The van der Waals surface area contributed by atoms with E-state index >= 15 is 0 Å². The molecule has 1 aliphatic carbocycles. The van der Waals surface area contributed by atoms with Crippen LogP contribution in [-0.2, 0) is 35.1 Å². The van der Waals surface area contributed by atoms with Crippen molar-refractivity contribution in [2.75, 3.05) is 11.9 Å². The van der Waals surface area contributed by atoms with Gasteiger partial charge in [-0.05, 0) is 45.1 Å². The zero-order valence-corrected chi connectivity index (χ0v) is 18.4. The van der Waals surface area contributed by atoms with Crippen LogP contribution in [0.5, 0.6) is 0 Å². The summed E-state index contributed by atoms with van der Waals surface area (Å²) < 4.78 is 46.5. The van der Waals surface area contributed by atoms with Crippen LogP contribution in [0.15, 0.2) is 0 Å². The third-order valence-corrected chi connectivity index (χ3v) is 6.39. The summed E-state index contributed by atoms with van der Waals surface area (Å²) in [7, 11) is 0. The topological polar surface area (TPSA) is 116 Å². The van der Waals surface area contributed by atoms with Crippen molar-refractivity contribution in [3.63, 3.8) is 0 Å². The summed E-state index contributed by atoms with van der Waals surface area (Å²) in [5.74, 6) is -2.20. The molecule has 2 amide bonds. The lowest BCUT2D eigenvalue weighted by atomic mass is 10.1. The number of carbonyl (C=O) groups is 3. The van der Waals surface area contributed by atoms with Crippen LogP contribution in [0.4, 0.5) is 18.2 Å². The zero-order valence-electron chi connectivity index (χ0n) is 17.6. The van der Waals surface area contributed by atoms with E-state index in [1.807, 2.05) is 0 Å². The van der Waals surface area contributed by atoms with Gasteiger partial charge in [-0.3, -0.25) is 14.3 Å². The number of primary amides is 1. The van der Waals surface area contributed by atoms with Crippen LogP contribution in [0.2, 0.25) is 0 Å². The van der Waals surface area contributed by atoms with Gasteiger partial charge in [-0.1, -0.05) is 6.42 Å². The molecule has 1 aliphatic rings. The van der Waals surface area contributed by atoms with Gasteiger partial charge in [0, 0.05) is 11.3 Å². The predicted molar refractivity (Wildman–Crippen MR) is 111 cm³/mol. The van der Waals surface area contributed by atoms with Crippen LogP contribution in [0.25, 0.3) is 0 Å². The van der Waals surface area contributed by atoms with Crippen molar-refractivity contribution < 1.29 is 32.3 Å².